The molecule has 0 spiro atoms. The Morgan fingerprint density at radius 3 is 1.17 bits per heavy atom. The topological polar surface area (TPSA) is 0 Å². The zero-order valence-electron chi connectivity index (χ0n) is 27.0. The molecule has 41 heavy (non-hydrogen) atoms. The molecular formula is C37H50Cl2SiZr. The molecule has 5 rings (SSSR count). The van der Waals surface area contributed by atoms with Crippen LogP contribution in [0.4, 0.5) is 0 Å². The first kappa shape index (κ1) is 41.7. The number of halogens is 2. The Morgan fingerprint density at radius 1 is 0.561 bits per heavy atom. The van der Waals surface area contributed by atoms with Crippen LogP contribution < -0.4 is 5.19 Å². The predicted molar refractivity (Wildman–Crippen MR) is 191 cm³/mol. The van der Waals surface area contributed by atoms with E-state index >= 15 is 0 Å². The van der Waals surface area contributed by atoms with Crippen molar-refractivity contribution < 1.29 is 26.2 Å². The molecule has 220 valence electrons. The van der Waals surface area contributed by atoms with E-state index in [1.54, 1.807) is 0 Å². The minimum atomic E-state index is 0. The van der Waals surface area contributed by atoms with Crippen molar-refractivity contribution in [3.8, 4) is 0 Å². The molecule has 0 aliphatic carbocycles. The quantitative estimate of drug-likeness (QED) is 0.113. The predicted octanol–water partition coefficient (Wildman–Crippen LogP) is 10.2. The van der Waals surface area contributed by atoms with Crippen molar-refractivity contribution in [1.29, 1.82) is 0 Å². The van der Waals surface area contributed by atoms with Gasteiger partial charge in [-0.2, -0.15) is 12.1 Å². The molecule has 4 heteroatoms. The van der Waals surface area contributed by atoms with Crippen LogP contribution in [0.15, 0.2) is 78.9 Å². The number of benzene rings is 3. The van der Waals surface area contributed by atoms with Crippen molar-refractivity contribution in [3.05, 3.63) is 120 Å². The molecule has 0 aliphatic heterocycles. The zero-order chi connectivity index (χ0) is 27.5. The van der Waals surface area contributed by atoms with Crippen LogP contribution in [0.1, 0.15) is 74.9 Å². The van der Waals surface area contributed by atoms with Crippen LogP contribution in [0.5, 0.6) is 0 Å². The molecule has 0 unspecified atom stereocenters. The van der Waals surface area contributed by atoms with E-state index in [1.807, 2.05) is 28.4 Å². The Hall–Kier alpha value is -1.44. The molecule has 0 N–H and O–H groups in total. The minimum absolute atomic E-state index is 0. The SMILES string of the molecule is Cc1cc2c(C(C)(C)C)ccc(C)c2[cH-]1.Cc1cc2c(C(C)(C)C)ccc(C)c2[cH-]1.Cl.Cl.[CH3-].[SiH2]c1ccccc1.[Zr+3]. The van der Waals surface area contributed by atoms with Gasteiger partial charge >= 0.3 is 26.2 Å². The summed E-state index contributed by atoms with van der Waals surface area (Å²) < 4.78 is 0. The van der Waals surface area contributed by atoms with Gasteiger partial charge in [-0.05, 0) is 10.8 Å². The standard InChI is InChI=1S/2C15H19.C6H7Si.CH3.2ClH.Zr/c2*1-10-8-12-11(2)6-7-14(13(12)9-10)15(3,4)5;7-6-4-2-1-3-5-6;;;;/h2*6-9H,1-5H3;1-5H,7H2;1H3;2*1H;/q2*-1;;-1;;;+3. The second kappa shape index (κ2) is 17.0. The van der Waals surface area contributed by atoms with Crippen molar-refractivity contribution in [2.75, 3.05) is 0 Å². The van der Waals surface area contributed by atoms with Gasteiger partial charge in [-0.15, -0.1) is 92.9 Å². The Balaban J connectivity index is 0. The molecule has 0 saturated carbocycles. The smallest absolute Gasteiger partial charge is 0.358 e. The molecule has 0 aliphatic rings. The fourth-order valence-electron chi connectivity index (χ4n) is 4.97. The van der Waals surface area contributed by atoms with Gasteiger partial charge in [0.2, 0.25) is 0 Å². The van der Waals surface area contributed by atoms with Crippen LogP contribution >= 0.6 is 24.8 Å². The van der Waals surface area contributed by atoms with E-state index in [0.717, 1.165) is 0 Å². The Labute approximate surface area is 285 Å². The van der Waals surface area contributed by atoms with E-state index in [9.17, 15) is 0 Å². The molecule has 0 atom stereocenters. The van der Waals surface area contributed by atoms with Gasteiger partial charge in [-0.25, -0.2) is 0 Å². The van der Waals surface area contributed by atoms with Crippen molar-refractivity contribution in [3.63, 3.8) is 0 Å². The van der Waals surface area contributed by atoms with Gasteiger partial charge in [-0.1, -0.05) is 128 Å². The minimum Gasteiger partial charge on any atom is -0.358 e. The van der Waals surface area contributed by atoms with Crippen molar-refractivity contribution in [2.24, 2.45) is 0 Å². The molecule has 0 fully saturated rings. The number of fused-ring (bicyclic) bond motifs is 2. The van der Waals surface area contributed by atoms with E-state index < -0.39 is 0 Å². The van der Waals surface area contributed by atoms with Crippen LogP contribution in [0.2, 0.25) is 0 Å². The molecule has 0 amide bonds. The summed E-state index contributed by atoms with van der Waals surface area (Å²) in [6, 6.07) is 28.5. The van der Waals surface area contributed by atoms with E-state index in [1.165, 1.54) is 60.1 Å². The van der Waals surface area contributed by atoms with Crippen LogP contribution in [-0.4, -0.2) is 10.2 Å². The number of rotatable bonds is 0. The van der Waals surface area contributed by atoms with Crippen LogP contribution in [0, 0.1) is 35.1 Å². The monoisotopic (exact) mass is 682 g/mol. The van der Waals surface area contributed by atoms with Crippen LogP contribution in [-0.2, 0) is 37.0 Å². The molecule has 0 heterocycles. The molecule has 0 aromatic heterocycles. The Morgan fingerprint density at radius 2 is 0.902 bits per heavy atom. The van der Waals surface area contributed by atoms with Gasteiger partial charge in [-0.3, -0.25) is 0 Å². The third kappa shape index (κ3) is 11.0. The second-order valence-electron chi connectivity index (χ2n) is 12.6. The van der Waals surface area contributed by atoms with E-state index in [4.69, 9.17) is 0 Å². The summed E-state index contributed by atoms with van der Waals surface area (Å²) in [7, 11) is 1.90. The van der Waals surface area contributed by atoms with Gasteiger partial charge in [0, 0.05) is 10.2 Å². The summed E-state index contributed by atoms with van der Waals surface area (Å²) in [5, 5.41) is 7.04. The third-order valence-electron chi connectivity index (χ3n) is 6.96. The van der Waals surface area contributed by atoms with Gasteiger partial charge in [0.15, 0.2) is 0 Å². The molecule has 0 saturated heterocycles. The maximum Gasteiger partial charge on any atom is 3.00 e. The average molecular weight is 685 g/mol. The van der Waals surface area contributed by atoms with E-state index in [2.05, 4.69) is 130 Å². The zero-order valence-corrected chi connectivity index (χ0v) is 32.5. The molecule has 0 nitrogen and oxygen atoms in total. The molecule has 2 radical (unpaired) electrons. The molecular weight excluding hydrogens is 635 g/mol. The van der Waals surface area contributed by atoms with Crippen LogP contribution in [0.25, 0.3) is 21.5 Å². The van der Waals surface area contributed by atoms with Gasteiger partial charge in [0.1, 0.15) is 0 Å². The average Bonchev–Trinajstić information content (AvgIpc) is 3.37. The van der Waals surface area contributed by atoms with Crippen molar-refractivity contribution >= 4 is 61.8 Å². The molecule has 5 aromatic rings. The fraction of sp³-hybridized carbons (Fsp3) is 0.324. The summed E-state index contributed by atoms with van der Waals surface area (Å²) in [6.45, 7) is 22.4. The van der Waals surface area contributed by atoms with Gasteiger partial charge in [0.05, 0.1) is 0 Å². The first-order valence-electron chi connectivity index (χ1n) is 13.4. The third-order valence-corrected chi connectivity index (χ3v) is 7.43. The normalized spacial score (nSPS) is 10.5. The summed E-state index contributed by atoms with van der Waals surface area (Å²) in [6.07, 6.45) is 0. The van der Waals surface area contributed by atoms with Crippen molar-refractivity contribution in [1.82, 2.24) is 0 Å². The summed E-state index contributed by atoms with van der Waals surface area (Å²) >= 11 is 0. The Kier molecular flexibility index (Phi) is 17.3. The first-order valence-corrected chi connectivity index (χ1v) is 14.1. The maximum atomic E-state index is 2.31. The summed E-state index contributed by atoms with van der Waals surface area (Å²) in [5.74, 6) is 0. The number of aryl methyl sites for hydroxylation is 4. The van der Waals surface area contributed by atoms with Gasteiger partial charge < -0.3 is 7.43 Å². The molecule has 0 bridgehead atoms. The largest absolute Gasteiger partial charge is 3.00 e. The number of hydrogen-bond acceptors (Lipinski definition) is 0. The number of hydrogen-bond donors (Lipinski definition) is 0. The van der Waals surface area contributed by atoms with Gasteiger partial charge in [0.25, 0.3) is 0 Å². The first-order chi connectivity index (χ1) is 17.2. The Bertz CT molecular complexity index is 1380. The molecule has 5 aromatic carbocycles. The van der Waals surface area contributed by atoms with Crippen LogP contribution in [0.3, 0.4) is 0 Å². The summed E-state index contributed by atoms with van der Waals surface area (Å²) in [4.78, 5) is 0. The maximum absolute atomic E-state index is 2.31. The van der Waals surface area contributed by atoms with Crippen molar-refractivity contribution in [2.45, 2.75) is 80.1 Å². The summed E-state index contributed by atoms with van der Waals surface area (Å²) in [5.41, 5.74) is 8.86. The van der Waals surface area contributed by atoms with E-state index in [0.29, 0.717) is 0 Å². The fourth-order valence-corrected chi connectivity index (χ4v) is 5.24. The van der Waals surface area contributed by atoms with E-state index in [-0.39, 0.29) is 69.3 Å². The second-order valence-corrected chi connectivity index (χ2v) is 13.4.